The van der Waals surface area contributed by atoms with Crippen LogP contribution in [0.5, 0.6) is 0 Å². The predicted molar refractivity (Wildman–Crippen MR) is 67.1 cm³/mol. The summed E-state index contributed by atoms with van der Waals surface area (Å²) in [5, 5.41) is 6.01. The lowest BCUT2D eigenvalue weighted by Crippen LogP contribution is -2.37. The number of rotatable bonds is 5. The summed E-state index contributed by atoms with van der Waals surface area (Å²) in [4.78, 5) is 15.6. The molecule has 114 valence electrons. The summed E-state index contributed by atoms with van der Waals surface area (Å²) in [5.41, 5.74) is -1.01. The van der Waals surface area contributed by atoms with Crippen LogP contribution in [0.4, 0.5) is 13.2 Å². The second kappa shape index (κ2) is 5.98. The lowest BCUT2D eigenvalue weighted by molar-refractivity contribution is -0.141. The van der Waals surface area contributed by atoms with Crippen LogP contribution in [-0.4, -0.2) is 31.3 Å². The molecule has 0 aromatic carbocycles. The van der Waals surface area contributed by atoms with Gasteiger partial charge in [-0.2, -0.15) is 18.3 Å². The fourth-order valence-corrected chi connectivity index (χ4v) is 1.83. The maximum atomic E-state index is 12.4. The molecule has 0 saturated heterocycles. The fourth-order valence-electron chi connectivity index (χ4n) is 1.83. The number of hydrogen-bond donors (Lipinski definition) is 1. The van der Waals surface area contributed by atoms with Gasteiger partial charge in [0.1, 0.15) is 6.54 Å². The fraction of sp³-hybridized carbons (Fsp3) is 0.417. The molecule has 2 aromatic rings. The Morgan fingerprint density at radius 1 is 1.43 bits per heavy atom. The number of nitrogens with zero attached hydrogens (tertiary/aromatic N) is 4. The van der Waals surface area contributed by atoms with E-state index in [9.17, 15) is 18.0 Å². The van der Waals surface area contributed by atoms with Crippen molar-refractivity contribution < 1.29 is 18.0 Å². The summed E-state index contributed by atoms with van der Waals surface area (Å²) < 4.78 is 39.9. The van der Waals surface area contributed by atoms with Gasteiger partial charge < -0.3 is 9.88 Å². The zero-order valence-corrected chi connectivity index (χ0v) is 11.2. The van der Waals surface area contributed by atoms with Crippen LogP contribution in [0, 0.1) is 0 Å². The largest absolute Gasteiger partial charge is 0.435 e. The summed E-state index contributed by atoms with van der Waals surface area (Å²) in [6, 6.07) is 0.659. The first-order chi connectivity index (χ1) is 9.84. The van der Waals surface area contributed by atoms with Gasteiger partial charge in [0.2, 0.25) is 5.91 Å². The molecular weight excluding hydrogens is 287 g/mol. The molecule has 0 fully saturated rings. The maximum absolute atomic E-state index is 12.4. The molecule has 0 saturated carbocycles. The second-order valence-corrected chi connectivity index (χ2v) is 4.62. The Kier molecular flexibility index (Phi) is 4.29. The molecule has 0 aliphatic rings. The molecule has 1 amide bonds. The van der Waals surface area contributed by atoms with E-state index in [1.807, 2.05) is 0 Å². The summed E-state index contributed by atoms with van der Waals surface area (Å²) in [7, 11) is 0. The molecule has 2 aromatic heterocycles. The van der Waals surface area contributed by atoms with Gasteiger partial charge in [0.25, 0.3) is 0 Å². The number of carbonyl (C=O) groups is 1. The van der Waals surface area contributed by atoms with E-state index in [1.54, 1.807) is 30.2 Å². The van der Waals surface area contributed by atoms with E-state index in [1.165, 1.54) is 0 Å². The molecular formula is C12H14F3N5O. The van der Waals surface area contributed by atoms with Crippen molar-refractivity contribution in [2.75, 3.05) is 0 Å². The zero-order chi connectivity index (χ0) is 15.5. The van der Waals surface area contributed by atoms with Gasteiger partial charge in [0.05, 0.1) is 6.33 Å². The zero-order valence-electron chi connectivity index (χ0n) is 11.2. The van der Waals surface area contributed by atoms with Crippen LogP contribution in [0.25, 0.3) is 0 Å². The quantitative estimate of drug-likeness (QED) is 0.905. The highest BCUT2D eigenvalue weighted by molar-refractivity contribution is 5.75. The molecule has 6 nitrogen and oxygen atoms in total. The minimum Gasteiger partial charge on any atom is -0.350 e. The molecule has 1 atom stereocenters. The highest BCUT2D eigenvalue weighted by atomic mass is 19.4. The minimum absolute atomic E-state index is 0.177. The first kappa shape index (κ1) is 15.1. The van der Waals surface area contributed by atoms with Gasteiger partial charge in [-0.1, -0.05) is 0 Å². The minimum atomic E-state index is -4.50. The summed E-state index contributed by atoms with van der Waals surface area (Å²) in [6.07, 6.45) is 1.62. The van der Waals surface area contributed by atoms with Crippen molar-refractivity contribution >= 4 is 5.91 Å². The van der Waals surface area contributed by atoms with E-state index < -0.39 is 17.8 Å². The van der Waals surface area contributed by atoms with Crippen molar-refractivity contribution in [1.29, 1.82) is 0 Å². The van der Waals surface area contributed by atoms with Gasteiger partial charge in [0, 0.05) is 31.2 Å². The van der Waals surface area contributed by atoms with Gasteiger partial charge in [0.15, 0.2) is 5.69 Å². The van der Waals surface area contributed by atoms with Crippen LogP contribution in [0.15, 0.2) is 31.0 Å². The maximum Gasteiger partial charge on any atom is 0.435 e. The number of aromatic nitrogens is 4. The normalized spacial score (nSPS) is 13.1. The summed E-state index contributed by atoms with van der Waals surface area (Å²) >= 11 is 0. The van der Waals surface area contributed by atoms with Crippen LogP contribution in [-0.2, 0) is 24.1 Å². The number of imidazole rings is 1. The smallest absolute Gasteiger partial charge is 0.350 e. The Bertz CT molecular complexity index is 590. The van der Waals surface area contributed by atoms with Gasteiger partial charge in [-0.3, -0.25) is 9.48 Å². The Morgan fingerprint density at radius 2 is 2.19 bits per heavy atom. The van der Waals surface area contributed by atoms with Crippen LogP contribution in [0.3, 0.4) is 0 Å². The standard InChI is InChI=1S/C12H14F3N5O/c1-9(6-19-5-3-16-8-19)17-11(21)7-20-4-2-10(18-20)12(13,14)15/h2-5,8-9H,6-7H2,1H3,(H,17,21). The highest BCUT2D eigenvalue weighted by Crippen LogP contribution is 2.27. The molecule has 0 aliphatic heterocycles. The molecule has 1 N–H and O–H groups in total. The van der Waals surface area contributed by atoms with Crippen LogP contribution in [0.2, 0.25) is 0 Å². The van der Waals surface area contributed by atoms with E-state index in [-0.39, 0.29) is 12.6 Å². The van der Waals surface area contributed by atoms with Gasteiger partial charge >= 0.3 is 6.18 Å². The first-order valence-corrected chi connectivity index (χ1v) is 6.20. The lowest BCUT2D eigenvalue weighted by atomic mass is 10.3. The Morgan fingerprint density at radius 3 is 2.76 bits per heavy atom. The number of hydrogen-bond acceptors (Lipinski definition) is 3. The Balaban J connectivity index is 1.85. The summed E-state index contributed by atoms with van der Waals surface area (Å²) in [5.74, 6) is -0.403. The molecule has 0 spiro atoms. The van der Waals surface area contributed by atoms with Crippen molar-refractivity contribution in [3.05, 3.63) is 36.7 Å². The monoisotopic (exact) mass is 301 g/mol. The molecule has 0 radical (unpaired) electrons. The topological polar surface area (TPSA) is 64.7 Å². The van der Waals surface area contributed by atoms with Crippen LogP contribution < -0.4 is 5.32 Å². The third kappa shape index (κ3) is 4.33. The molecule has 2 rings (SSSR count). The van der Waals surface area contributed by atoms with E-state index >= 15 is 0 Å². The van der Waals surface area contributed by atoms with Gasteiger partial charge in [-0.15, -0.1) is 0 Å². The molecule has 0 aliphatic carbocycles. The Labute approximate surface area is 118 Å². The molecule has 0 bridgehead atoms. The summed E-state index contributed by atoms with van der Waals surface area (Å²) in [6.45, 7) is 2.06. The molecule has 21 heavy (non-hydrogen) atoms. The molecule has 1 unspecified atom stereocenters. The Hall–Kier alpha value is -2.32. The first-order valence-electron chi connectivity index (χ1n) is 6.20. The number of amides is 1. The third-order valence-corrected chi connectivity index (χ3v) is 2.69. The average Bonchev–Trinajstić information content (AvgIpc) is 2.98. The number of nitrogens with one attached hydrogen (secondary N) is 1. The SMILES string of the molecule is CC(Cn1ccnc1)NC(=O)Cn1ccc(C(F)(F)F)n1. The predicted octanol–water partition coefficient (Wildman–Crippen LogP) is 1.30. The van der Waals surface area contributed by atoms with Crippen molar-refractivity contribution in [1.82, 2.24) is 24.6 Å². The van der Waals surface area contributed by atoms with Crippen molar-refractivity contribution in [3.63, 3.8) is 0 Å². The highest BCUT2D eigenvalue weighted by Gasteiger charge is 2.33. The van der Waals surface area contributed by atoms with E-state index in [0.717, 1.165) is 16.9 Å². The van der Waals surface area contributed by atoms with E-state index in [0.29, 0.717) is 6.54 Å². The second-order valence-electron chi connectivity index (χ2n) is 4.62. The lowest BCUT2D eigenvalue weighted by Gasteiger charge is -2.14. The van der Waals surface area contributed by atoms with Crippen molar-refractivity contribution in [2.45, 2.75) is 32.2 Å². The van der Waals surface area contributed by atoms with Crippen LogP contribution >= 0.6 is 0 Å². The number of halogens is 3. The number of alkyl halides is 3. The van der Waals surface area contributed by atoms with Crippen molar-refractivity contribution in [2.24, 2.45) is 0 Å². The van der Waals surface area contributed by atoms with Gasteiger partial charge in [-0.25, -0.2) is 4.98 Å². The van der Waals surface area contributed by atoms with E-state index in [2.05, 4.69) is 15.4 Å². The third-order valence-electron chi connectivity index (χ3n) is 2.69. The average molecular weight is 301 g/mol. The van der Waals surface area contributed by atoms with E-state index in [4.69, 9.17) is 0 Å². The van der Waals surface area contributed by atoms with Crippen molar-refractivity contribution in [3.8, 4) is 0 Å². The molecule has 2 heterocycles. The van der Waals surface area contributed by atoms with Gasteiger partial charge in [-0.05, 0) is 13.0 Å². The molecule has 9 heteroatoms. The van der Waals surface area contributed by atoms with Crippen LogP contribution in [0.1, 0.15) is 12.6 Å². The number of carbonyl (C=O) groups excluding carboxylic acids is 1.